The van der Waals surface area contributed by atoms with Crippen molar-refractivity contribution in [1.29, 1.82) is 0 Å². The molecule has 0 unspecified atom stereocenters. The van der Waals surface area contributed by atoms with Crippen LogP contribution in [0.25, 0.3) is 11.1 Å². The lowest BCUT2D eigenvalue weighted by atomic mass is 9.78. The number of carbonyl (C=O) groups is 2. The van der Waals surface area contributed by atoms with Gasteiger partial charge in [-0.25, -0.2) is 0 Å². The fourth-order valence-electron chi connectivity index (χ4n) is 6.97. The van der Waals surface area contributed by atoms with Crippen LogP contribution in [0.2, 0.25) is 0 Å². The highest BCUT2D eigenvalue weighted by molar-refractivity contribution is 8.22. The van der Waals surface area contributed by atoms with E-state index in [0.717, 1.165) is 33.4 Å². The SMILES string of the molecule is CCOC(=O)C[C@H]1[C@@H](C(=O)OCc2ccccc2)N(C2(c3ccccc3)c3ccccc3-c3ccccc32)C[C@H]1OC(=S)SC. The number of carbonyl (C=O) groups excluding carboxylic acids is 2. The van der Waals surface area contributed by atoms with Crippen LogP contribution in [0, 0.1) is 5.92 Å². The second-order valence-electron chi connectivity index (χ2n) is 11.1. The summed E-state index contributed by atoms with van der Waals surface area (Å²) in [7, 11) is 0. The van der Waals surface area contributed by atoms with Gasteiger partial charge >= 0.3 is 11.9 Å². The molecule has 230 valence electrons. The lowest BCUT2D eigenvalue weighted by Crippen LogP contribution is -2.53. The van der Waals surface area contributed by atoms with Crippen molar-refractivity contribution in [1.82, 2.24) is 4.90 Å². The Morgan fingerprint density at radius 1 is 0.844 bits per heavy atom. The minimum absolute atomic E-state index is 0.0226. The maximum absolute atomic E-state index is 14.5. The van der Waals surface area contributed by atoms with Crippen molar-refractivity contribution in [2.45, 2.75) is 37.6 Å². The van der Waals surface area contributed by atoms with Crippen molar-refractivity contribution in [3.8, 4) is 11.1 Å². The molecular weight excluding hydrogens is 603 g/mol. The Labute approximate surface area is 273 Å². The highest BCUT2D eigenvalue weighted by Crippen LogP contribution is 2.57. The zero-order valence-electron chi connectivity index (χ0n) is 25.3. The van der Waals surface area contributed by atoms with E-state index in [-0.39, 0.29) is 19.6 Å². The smallest absolute Gasteiger partial charge is 0.324 e. The van der Waals surface area contributed by atoms with Gasteiger partial charge in [-0.2, -0.15) is 0 Å². The van der Waals surface area contributed by atoms with Gasteiger partial charge in [-0.1, -0.05) is 121 Å². The van der Waals surface area contributed by atoms with Gasteiger partial charge in [0.25, 0.3) is 0 Å². The van der Waals surface area contributed by atoms with E-state index in [2.05, 4.69) is 41.3 Å². The highest BCUT2D eigenvalue weighted by atomic mass is 32.2. The molecule has 0 aromatic heterocycles. The molecule has 1 heterocycles. The number of benzene rings is 4. The van der Waals surface area contributed by atoms with E-state index in [1.807, 2.05) is 79.1 Å². The molecule has 1 aliphatic carbocycles. The van der Waals surface area contributed by atoms with Crippen molar-refractivity contribution in [3.63, 3.8) is 0 Å². The van der Waals surface area contributed by atoms with E-state index in [9.17, 15) is 9.59 Å². The number of esters is 2. The van der Waals surface area contributed by atoms with Gasteiger partial charge in [0.15, 0.2) is 0 Å². The van der Waals surface area contributed by atoms with Crippen LogP contribution in [0.1, 0.15) is 35.6 Å². The van der Waals surface area contributed by atoms with Crippen LogP contribution in [0.4, 0.5) is 0 Å². The molecule has 8 heteroatoms. The first-order chi connectivity index (χ1) is 22.0. The summed E-state index contributed by atoms with van der Waals surface area (Å²) in [6.45, 7) is 2.45. The molecule has 6 rings (SSSR count). The summed E-state index contributed by atoms with van der Waals surface area (Å²) in [5.74, 6) is -1.40. The fraction of sp³-hybridized carbons (Fsp3) is 0.270. The molecule has 1 saturated heterocycles. The Morgan fingerprint density at radius 3 is 2.02 bits per heavy atom. The topological polar surface area (TPSA) is 65.1 Å². The minimum atomic E-state index is -0.878. The van der Waals surface area contributed by atoms with Gasteiger partial charge in [0.1, 0.15) is 18.8 Å². The van der Waals surface area contributed by atoms with Crippen LogP contribution in [0.3, 0.4) is 0 Å². The number of fused-ring (bicyclic) bond motifs is 3. The zero-order chi connectivity index (χ0) is 31.4. The summed E-state index contributed by atoms with van der Waals surface area (Å²) in [6, 6.07) is 35.7. The van der Waals surface area contributed by atoms with E-state index in [0.29, 0.717) is 10.9 Å². The predicted octanol–water partition coefficient (Wildman–Crippen LogP) is 6.99. The maximum Gasteiger partial charge on any atom is 0.324 e. The first kappa shape index (κ1) is 31.0. The Morgan fingerprint density at radius 2 is 1.42 bits per heavy atom. The van der Waals surface area contributed by atoms with Crippen molar-refractivity contribution in [2.24, 2.45) is 5.92 Å². The molecular formula is C37H35NO5S2. The number of hydrogen-bond donors (Lipinski definition) is 0. The summed E-state index contributed by atoms with van der Waals surface area (Å²) in [5, 5.41) is 0. The normalized spacial score (nSPS) is 19.7. The Hall–Kier alpha value is -3.98. The van der Waals surface area contributed by atoms with Crippen molar-refractivity contribution in [3.05, 3.63) is 131 Å². The van der Waals surface area contributed by atoms with Gasteiger partial charge in [0.05, 0.1) is 18.6 Å². The van der Waals surface area contributed by atoms with E-state index in [1.54, 1.807) is 6.92 Å². The molecule has 3 atom stereocenters. The van der Waals surface area contributed by atoms with Crippen LogP contribution in [0.5, 0.6) is 0 Å². The number of rotatable bonds is 9. The quantitative estimate of drug-likeness (QED) is 0.144. The van der Waals surface area contributed by atoms with Crippen LogP contribution in [0.15, 0.2) is 109 Å². The molecule has 0 N–H and O–H groups in total. The molecule has 0 saturated carbocycles. The summed E-state index contributed by atoms with van der Waals surface area (Å²) < 4.78 is 18.2. The highest BCUT2D eigenvalue weighted by Gasteiger charge is 2.60. The molecule has 1 aliphatic heterocycles. The van der Waals surface area contributed by atoms with Gasteiger partial charge in [-0.3, -0.25) is 14.5 Å². The average molecular weight is 638 g/mol. The first-order valence-electron chi connectivity index (χ1n) is 15.1. The van der Waals surface area contributed by atoms with Crippen LogP contribution >= 0.6 is 24.0 Å². The lowest BCUT2D eigenvalue weighted by Gasteiger charge is -2.44. The van der Waals surface area contributed by atoms with Crippen LogP contribution < -0.4 is 0 Å². The molecule has 0 bridgehead atoms. The number of thioether (sulfide) groups is 1. The number of ether oxygens (including phenoxy) is 3. The Balaban J connectivity index is 1.55. The Kier molecular flexibility index (Phi) is 9.35. The second-order valence-corrected chi connectivity index (χ2v) is 12.5. The molecule has 4 aromatic carbocycles. The summed E-state index contributed by atoms with van der Waals surface area (Å²) in [5.41, 5.74) is 5.31. The standard InChI is InChI=1S/C37H35NO5S2/c1-3-41-33(39)22-29-32(43-36(44)45-2)23-38(34(29)35(40)42-24-25-14-6-4-7-15-25)37(26-16-8-5-9-17-26)30-20-12-10-18-27(30)28-19-11-13-21-31(28)37/h4-21,29,32,34H,3,22-24H2,1-2H3/t29-,32-,34+/m1/s1. The first-order valence-corrected chi connectivity index (χ1v) is 16.7. The van der Waals surface area contributed by atoms with Crippen LogP contribution in [-0.2, 0) is 35.9 Å². The van der Waals surface area contributed by atoms with Crippen LogP contribution in [-0.4, -0.2) is 52.8 Å². The maximum atomic E-state index is 14.5. The third kappa shape index (κ3) is 5.78. The second kappa shape index (κ2) is 13.6. The predicted molar refractivity (Wildman–Crippen MR) is 181 cm³/mol. The van der Waals surface area contributed by atoms with Gasteiger partial charge in [0.2, 0.25) is 4.38 Å². The minimum Gasteiger partial charge on any atom is -0.474 e. The molecule has 0 radical (unpaired) electrons. The molecule has 0 amide bonds. The number of thiocarbonyl (C=S) groups is 1. The molecule has 4 aromatic rings. The summed E-state index contributed by atoms with van der Waals surface area (Å²) in [6.07, 6.45) is 1.27. The number of hydrogen-bond acceptors (Lipinski definition) is 8. The van der Waals surface area contributed by atoms with Crippen molar-refractivity contribution in [2.75, 3.05) is 19.4 Å². The monoisotopic (exact) mass is 637 g/mol. The number of nitrogens with zero attached hydrogens (tertiary/aromatic N) is 1. The van der Waals surface area contributed by atoms with E-state index < -0.39 is 35.5 Å². The summed E-state index contributed by atoms with van der Waals surface area (Å²) in [4.78, 5) is 29.9. The summed E-state index contributed by atoms with van der Waals surface area (Å²) >= 11 is 6.86. The third-order valence-electron chi connectivity index (χ3n) is 8.73. The van der Waals surface area contributed by atoms with E-state index in [1.165, 1.54) is 11.8 Å². The van der Waals surface area contributed by atoms with Gasteiger partial charge < -0.3 is 14.2 Å². The van der Waals surface area contributed by atoms with Gasteiger partial charge in [-0.05, 0) is 58.8 Å². The van der Waals surface area contributed by atoms with E-state index in [4.69, 9.17) is 26.4 Å². The third-order valence-corrected chi connectivity index (χ3v) is 9.75. The lowest BCUT2D eigenvalue weighted by molar-refractivity contribution is -0.155. The molecule has 45 heavy (non-hydrogen) atoms. The van der Waals surface area contributed by atoms with Crippen molar-refractivity contribution < 1.29 is 23.8 Å². The van der Waals surface area contributed by atoms with Gasteiger partial charge in [0, 0.05) is 12.5 Å². The average Bonchev–Trinajstić information content (AvgIpc) is 3.57. The zero-order valence-corrected chi connectivity index (χ0v) is 26.9. The fourth-order valence-corrected chi connectivity index (χ4v) is 7.31. The molecule has 0 spiro atoms. The Bertz CT molecular complexity index is 1630. The molecule has 2 aliphatic rings. The largest absolute Gasteiger partial charge is 0.474 e. The van der Waals surface area contributed by atoms with Crippen molar-refractivity contribution >= 4 is 40.3 Å². The number of likely N-dealkylation sites (tertiary alicyclic amines) is 1. The van der Waals surface area contributed by atoms with Gasteiger partial charge in [-0.15, -0.1) is 0 Å². The van der Waals surface area contributed by atoms with E-state index >= 15 is 0 Å². The molecule has 1 fully saturated rings. The molecule has 6 nitrogen and oxygen atoms in total.